The second-order valence-electron chi connectivity index (χ2n) is 3.97. The normalized spacial score (nSPS) is 26.6. The van der Waals surface area contributed by atoms with Gasteiger partial charge in [0.1, 0.15) is 6.79 Å². The minimum absolute atomic E-state index is 0.00394. The Balaban J connectivity index is 0.000000771. The first-order valence-corrected chi connectivity index (χ1v) is 6.49. The van der Waals surface area contributed by atoms with Gasteiger partial charge < -0.3 is 19.5 Å². The highest BCUT2D eigenvalue weighted by atomic mass is 16.7. The average molecular weight is 257 g/mol. The molecule has 0 radical (unpaired) electrons. The van der Waals surface area contributed by atoms with Crippen LogP contribution in [0.3, 0.4) is 0 Å². The topological polar surface area (TPSA) is 56.8 Å². The highest BCUT2D eigenvalue weighted by Gasteiger charge is 2.39. The fourth-order valence-electron chi connectivity index (χ4n) is 1.89. The van der Waals surface area contributed by atoms with Crippen molar-refractivity contribution in [2.75, 3.05) is 27.1 Å². The Kier molecular flexibility index (Phi) is 6.93. The van der Waals surface area contributed by atoms with Crippen LogP contribution in [-0.4, -0.2) is 45.2 Å². The summed E-state index contributed by atoms with van der Waals surface area (Å²) in [5.74, 6) is -0.0639. The maximum Gasteiger partial charge on any atom is 0.252 e. The fourth-order valence-corrected chi connectivity index (χ4v) is 1.89. The molecule has 2 atom stereocenters. The van der Waals surface area contributed by atoms with Gasteiger partial charge in [0.05, 0.1) is 19.3 Å². The molecule has 0 aromatic rings. The van der Waals surface area contributed by atoms with Gasteiger partial charge in [-0.05, 0) is 12.8 Å². The fraction of sp³-hybridized carbons (Fsp3) is 0.769. The van der Waals surface area contributed by atoms with Crippen molar-refractivity contribution in [2.45, 2.75) is 38.8 Å². The molecule has 18 heavy (non-hydrogen) atoms. The van der Waals surface area contributed by atoms with Crippen molar-refractivity contribution < 1.29 is 19.0 Å². The first kappa shape index (κ1) is 15.1. The number of carbonyl (C=O) groups is 1. The second kappa shape index (κ2) is 8.24. The summed E-state index contributed by atoms with van der Waals surface area (Å²) in [6.45, 7) is 5.70. The van der Waals surface area contributed by atoms with Gasteiger partial charge in [0.15, 0.2) is 6.10 Å². The molecule has 2 aliphatic heterocycles. The summed E-state index contributed by atoms with van der Waals surface area (Å²) in [5.41, 5.74) is 1.34. The Morgan fingerprint density at radius 2 is 2.06 bits per heavy atom. The van der Waals surface area contributed by atoms with E-state index in [9.17, 15) is 4.79 Å². The third-order valence-corrected chi connectivity index (χ3v) is 2.81. The van der Waals surface area contributed by atoms with Crippen molar-refractivity contribution in [1.82, 2.24) is 5.32 Å². The average Bonchev–Trinajstić information content (AvgIpc) is 2.42. The zero-order valence-electron chi connectivity index (χ0n) is 11.4. The third-order valence-electron chi connectivity index (χ3n) is 2.81. The van der Waals surface area contributed by atoms with Crippen LogP contribution in [0, 0.1) is 0 Å². The smallest absolute Gasteiger partial charge is 0.252 e. The summed E-state index contributed by atoms with van der Waals surface area (Å²) in [6, 6.07) is -0.00394. The van der Waals surface area contributed by atoms with Crippen LogP contribution in [0.1, 0.15) is 26.7 Å². The largest absolute Gasteiger partial charge is 0.381 e. The molecule has 2 fully saturated rings. The van der Waals surface area contributed by atoms with Crippen LogP contribution in [-0.2, 0) is 19.0 Å². The van der Waals surface area contributed by atoms with Crippen LogP contribution < -0.4 is 5.32 Å². The quantitative estimate of drug-likeness (QED) is 0.467. The van der Waals surface area contributed by atoms with Crippen LogP contribution in [0.4, 0.5) is 0 Å². The van der Waals surface area contributed by atoms with Crippen LogP contribution >= 0.6 is 0 Å². The molecule has 0 aromatic carbocycles. The van der Waals surface area contributed by atoms with Crippen LogP contribution in [0.25, 0.3) is 0 Å². The minimum atomic E-state index is -0.393. The molecule has 104 valence electrons. The lowest BCUT2D eigenvalue weighted by molar-refractivity contribution is -0.157. The van der Waals surface area contributed by atoms with E-state index in [2.05, 4.69) is 11.4 Å². The van der Waals surface area contributed by atoms with E-state index in [0.717, 1.165) is 26.1 Å². The molecule has 0 aliphatic carbocycles. The first-order valence-electron chi connectivity index (χ1n) is 6.49. The zero-order valence-corrected chi connectivity index (χ0v) is 11.4. The maximum absolute atomic E-state index is 11.2. The Hall–Kier alpha value is -0.910. The number of hydrogen-bond acceptors (Lipinski definition) is 4. The summed E-state index contributed by atoms with van der Waals surface area (Å²) < 4.78 is 15.3. The van der Waals surface area contributed by atoms with Gasteiger partial charge in [-0.1, -0.05) is 25.5 Å². The Bertz CT molecular complexity index is 283. The summed E-state index contributed by atoms with van der Waals surface area (Å²) in [4.78, 5) is 11.2. The molecule has 2 heterocycles. The highest BCUT2D eigenvalue weighted by molar-refractivity contribution is 5.89. The SMILES string of the molecule is CC.COCOC1C(=O)NC1C=C1CCOCC1. The first-order chi connectivity index (χ1) is 8.81. The zero-order chi connectivity index (χ0) is 13.4. The lowest BCUT2D eigenvalue weighted by Gasteiger charge is -2.35. The van der Waals surface area contributed by atoms with Gasteiger partial charge in [-0.15, -0.1) is 0 Å². The van der Waals surface area contributed by atoms with Crippen molar-refractivity contribution in [1.29, 1.82) is 0 Å². The Morgan fingerprint density at radius 3 is 2.61 bits per heavy atom. The molecule has 0 saturated carbocycles. The third kappa shape index (κ3) is 4.08. The summed E-state index contributed by atoms with van der Waals surface area (Å²) in [7, 11) is 1.54. The Labute approximate surface area is 108 Å². The summed E-state index contributed by atoms with van der Waals surface area (Å²) in [6.07, 6.45) is 3.59. The van der Waals surface area contributed by atoms with Crippen molar-refractivity contribution >= 4 is 5.91 Å². The monoisotopic (exact) mass is 257 g/mol. The van der Waals surface area contributed by atoms with E-state index in [0.29, 0.717) is 0 Å². The van der Waals surface area contributed by atoms with Crippen molar-refractivity contribution in [3.8, 4) is 0 Å². The Morgan fingerprint density at radius 1 is 1.39 bits per heavy atom. The van der Waals surface area contributed by atoms with E-state index in [1.165, 1.54) is 5.57 Å². The number of amides is 1. The van der Waals surface area contributed by atoms with E-state index in [-0.39, 0.29) is 18.7 Å². The molecule has 2 saturated heterocycles. The molecule has 5 heteroatoms. The molecule has 2 rings (SSSR count). The van der Waals surface area contributed by atoms with Crippen molar-refractivity contribution in [3.05, 3.63) is 11.6 Å². The number of carbonyl (C=O) groups excluding carboxylic acids is 1. The number of methoxy groups -OCH3 is 1. The molecule has 2 unspecified atom stereocenters. The van der Waals surface area contributed by atoms with E-state index < -0.39 is 6.10 Å². The lowest BCUT2D eigenvalue weighted by atomic mass is 9.96. The number of ether oxygens (including phenoxy) is 3. The number of hydrogen-bond donors (Lipinski definition) is 1. The maximum atomic E-state index is 11.2. The molecule has 0 aromatic heterocycles. The van der Waals surface area contributed by atoms with Crippen molar-refractivity contribution in [2.24, 2.45) is 0 Å². The van der Waals surface area contributed by atoms with Crippen LogP contribution in [0.2, 0.25) is 0 Å². The number of nitrogens with one attached hydrogen (secondary N) is 1. The molecule has 1 amide bonds. The van der Waals surface area contributed by atoms with Gasteiger partial charge in [-0.3, -0.25) is 4.79 Å². The van der Waals surface area contributed by atoms with Crippen LogP contribution in [0.15, 0.2) is 11.6 Å². The van der Waals surface area contributed by atoms with Gasteiger partial charge in [-0.25, -0.2) is 0 Å². The van der Waals surface area contributed by atoms with E-state index in [1.54, 1.807) is 7.11 Å². The summed E-state index contributed by atoms with van der Waals surface area (Å²) in [5, 5.41) is 2.81. The van der Waals surface area contributed by atoms with Gasteiger partial charge in [0.25, 0.3) is 5.91 Å². The van der Waals surface area contributed by atoms with E-state index in [1.807, 2.05) is 13.8 Å². The minimum Gasteiger partial charge on any atom is -0.381 e. The number of rotatable bonds is 4. The molecule has 0 spiro atoms. The van der Waals surface area contributed by atoms with E-state index in [4.69, 9.17) is 14.2 Å². The summed E-state index contributed by atoms with van der Waals surface area (Å²) >= 11 is 0. The van der Waals surface area contributed by atoms with Gasteiger partial charge in [0, 0.05) is 7.11 Å². The molecule has 2 aliphatic rings. The van der Waals surface area contributed by atoms with Gasteiger partial charge >= 0.3 is 0 Å². The standard InChI is InChI=1S/C11H17NO4.C2H6/c1-14-7-16-10-9(12-11(10)13)6-8-2-4-15-5-3-8;1-2/h6,9-10H,2-5,7H2,1H3,(H,12,13);1-2H3. The molecular weight excluding hydrogens is 234 g/mol. The molecule has 1 N–H and O–H groups in total. The van der Waals surface area contributed by atoms with Gasteiger partial charge in [-0.2, -0.15) is 0 Å². The predicted molar refractivity (Wildman–Crippen MR) is 68.2 cm³/mol. The lowest BCUT2D eigenvalue weighted by Crippen LogP contribution is -2.62. The van der Waals surface area contributed by atoms with Crippen LogP contribution in [0.5, 0.6) is 0 Å². The number of β-lactam (4-membered cyclic amide) rings is 1. The molecule has 5 nitrogen and oxygen atoms in total. The molecule has 0 bridgehead atoms. The van der Waals surface area contributed by atoms with E-state index >= 15 is 0 Å². The second-order valence-corrected chi connectivity index (χ2v) is 3.97. The molecular formula is C13H23NO4. The van der Waals surface area contributed by atoms with Gasteiger partial charge in [0.2, 0.25) is 0 Å². The van der Waals surface area contributed by atoms with Crippen molar-refractivity contribution in [3.63, 3.8) is 0 Å². The highest BCUT2D eigenvalue weighted by Crippen LogP contribution is 2.19. The predicted octanol–water partition coefficient (Wildman–Crippen LogP) is 1.24.